The van der Waals surface area contributed by atoms with E-state index in [1.54, 1.807) is 13.8 Å². The number of hydrogen-bond acceptors (Lipinski definition) is 3. The van der Waals surface area contributed by atoms with Crippen LogP contribution in [0, 0.1) is 31.1 Å². The SMILES string of the molecule is Cc1[nH]c(=O)c(C#N)c(C)c1CCC(=O)NC(CCC(C)C)c1ccc(Cl)cc1. The number of aromatic nitrogens is 1. The summed E-state index contributed by atoms with van der Waals surface area (Å²) in [5, 5.41) is 13.0. The number of carbonyl (C=O) groups is 1. The molecule has 154 valence electrons. The van der Waals surface area contributed by atoms with Gasteiger partial charge in [-0.3, -0.25) is 9.59 Å². The largest absolute Gasteiger partial charge is 0.349 e. The summed E-state index contributed by atoms with van der Waals surface area (Å²) in [4.78, 5) is 27.3. The van der Waals surface area contributed by atoms with Crippen molar-refractivity contribution in [2.45, 2.75) is 59.4 Å². The Morgan fingerprint density at radius 2 is 1.86 bits per heavy atom. The number of aromatic amines is 1. The third-order valence-electron chi connectivity index (χ3n) is 5.16. The third kappa shape index (κ3) is 6.20. The fourth-order valence-corrected chi connectivity index (χ4v) is 3.57. The minimum absolute atomic E-state index is 0.0581. The van der Waals surface area contributed by atoms with Gasteiger partial charge < -0.3 is 10.3 Å². The predicted molar refractivity (Wildman–Crippen MR) is 116 cm³/mol. The van der Waals surface area contributed by atoms with Crippen LogP contribution in [0.5, 0.6) is 0 Å². The van der Waals surface area contributed by atoms with Gasteiger partial charge in [0.05, 0.1) is 6.04 Å². The van der Waals surface area contributed by atoms with Gasteiger partial charge in [0.1, 0.15) is 11.6 Å². The van der Waals surface area contributed by atoms with Gasteiger partial charge in [0.15, 0.2) is 0 Å². The number of aryl methyl sites for hydroxylation is 1. The molecule has 1 unspecified atom stereocenters. The molecule has 1 heterocycles. The van der Waals surface area contributed by atoms with Gasteiger partial charge in [-0.05, 0) is 67.9 Å². The van der Waals surface area contributed by atoms with Crippen molar-refractivity contribution in [3.05, 3.63) is 67.6 Å². The lowest BCUT2D eigenvalue weighted by Gasteiger charge is -2.21. The fraction of sp³-hybridized carbons (Fsp3) is 0.435. The molecule has 0 fully saturated rings. The standard InChI is InChI=1S/C23H28ClN3O2/c1-14(2)5-11-21(17-6-8-18(24)9-7-17)27-22(28)12-10-19-15(3)20(13-25)23(29)26-16(19)4/h6-9,14,21H,5,10-12H2,1-4H3,(H,26,29)(H,27,28). The molecule has 2 aromatic rings. The molecule has 0 saturated heterocycles. The molecule has 0 spiro atoms. The van der Waals surface area contributed by atoms with Gasteiger partial charge in [-0.25, -0.2) is 0 Å². The van der Waals surface area contributed by atoms with Crippen molar-refractivity contribution in [3.8, 4) is 6.07 Å². The van der Waals surface area contributed by atoms with Crippen molar-refractivity contribution in [1.82, 2.24) is 10.3 Å². The molecule has 0 bridgehead atoms. The average Bonchev–Trinajstić information content (AvgIpc) is 2.65. The molecule has 1 atom stereocenters. The summed E-state index contributed by atoms with van der Waals surface area (Å²) in [6.45, 7) is 7.87. The smallest absolute Gasteiger partial charge is 0.266 e. The summed E-state index contributed by atoms with van der Waals surface area (Å²) in [6, 6.07) is 9.44. The van der Waals surface area contributed by atoms with Crippen molar-refractivity contribution in [2.75, 3.05) is 0 Å². The van der Waals surface area contributed by atoms with Gasteiger partial charge in [0.25, 0.3) is 5.56 Å². The highest BCUT2D eigenvalue weighted by Crippen LogP contribution is 2.23. The van der Waals surface area contributed by atoms with Gasteiger partial charge in [-0.1, -0.05) is 37.6 Å². The number of rotatable bonds is 8. The molecule has 1 amide bonds. The second kappa shape index (κ2) is 10.3. The Balaban J connectivity index is 2.11. The van der Waals surface area contributed by atoms with Gasteiger partial charge in [-0.15, -0.1) is 0 Å². The van der Waals surface area contributed by atoms with Crippen LogP contribution in [0.2, 0.25) is 5.02 Å². The lowest BCUT2D eigenvalue weighted by molar-refractivity contribution is -0.121. The number of nitriles is 1. The molecule has 6 heteroatoms. The van der Waals surface area contributed by atoms with Crippen LogP contribution < -0.4 is 10.9 Å². The van der Waals surface area contributed by atoms with Crippen LogP contribution in [-0.2, 0) is 11.2 Å². The van der Waals surface area contributed by atoms with E-state index < -0.39 is 0 Å². The van der Waals surface area contributed by atoms with Gasteiger partial charge >= 0.3 is 0 Å². The second-order valence-corrected chi connectivity index (χ2v) is 8.25. The molecular formula is C23H28ClN3O2. The Morgan fingerprint density at radius 3 is 2.45 bits per heavy atom. The molecule has 5 nitrogen and oxygen atoms in total. The normalized spacial score (nSPS) is 11.9. The van der Waals surface area contributed by atoms with E-state index in [0.29, 0.717) is 28.6 Å². The minimum atomic E-state index is -0.382. The molecule has 0 aliphatic heterocycles. The number of H-pyrrole nitrogens is 1. The first-order chi connectivity index (χ1) is 13.7. The first-order valence-electron chi connectivity index (χ1n) is 9.90. The number of nitrogens with zero attached hydrogens (tertiary/aromatic N) is 1. The van der Waals surface area contributed by atoms with E-state index in [-0.39, 0.29) is 29.5 Å². The van der Waals surface area contributed by atoms with E-state index in [1.807, 2.05) is 30.3 Å². The van der Waals surface area contributed by atoms with E-state index in [4.69, 9.17) is 11.6 Å². The van der Waals surface area contributed by atoms with E-state index in [2.05, 4.69) is 24.1 Å². The molecule has 1 aromatic carbocycles. The van der Waals surface area contributed by atoms with Crippen molar-refractivity contribution < 1.29 is 4.79 Å². The number of hydrogen-bond donors (Lipinski definition) is 2. The molecule has 1 aromatic heterocycles. The van der Waals surface area contributed by atoms with E-state index in [9.17, 15) is 14.9 Å². The topological polar surface area (TPSA) is 85.8 Å². The highest BCUT2D eigenvalue weighted by atomic mass is 35.5. The Morgan fingerprint density at radius 1 is 1.21 bits per heavy atom. The maximum absolute atomic E-state index is 12.7. The maximum atomic E-state index is 12.7. The number of halogens is 1. The zero-order chi connectivity index (χ0) is 21.6. The zero-order valence-electron chi connectivity index (χ0n) is 17.4. The van der Waals surface area contributed by atoms with E-state index in [0.717, 1.165) is 24.0 Å². The van der Waals surface area contributed by atoms with Crippen molar-refractivity contribution >= 4 is 17.5 Å². The minimum Gasteiger partial charge on any atom is -0.349 e. The van der Waals surface area contributed by atoms with Crippen LogP contribution in [0.1, 0.15) is 67.1 Å². The third-order valence-corrected chi connectivity index (χ3v) is 5.41. The van der Waals surface area contributed by atoms with Gasteiger partial charge in [0, 0.05) is 17.1 Å². The van der Waals surface area contributed by atoms with Crippen LogP contribution in [0.15, 0.2) is 29.1 Å². The summed E-state index contributed by atoms with van der Waals surface area (Å²) in [5.74, 6) is 0.481. The Labute approximate surface area is 177 Å². The molecule has 0 aliphatic rings. The number of benzene rings is 1. The Kier molecular flexibility index (Phi) is 8.04. The average molecular weight is 414 g/mol. The maximum Gasteiger partial charge on any atom is 0.266 e. The summed E-state index contributed by atoms with van der Waals surface area (Å²) in [7, 11) is 0. The van der Waals surface area contributed by atoms with Crippen molar-refractivity contribution in [2.24, 2.45) is 5.92 Å². The fourth-order valence-electron chi connectivity index (χ4n) is 3.44. The number of nitrogens with one attached hydrogen (secondary N) is 2. The molecule has 0 radical (unpaired) electrons. The van der Waals surface area contributed by atoms with Gasteiger partial charge in [0.2, 0.25) is 5.91 Å². The van der Waals surface area contributed by atoms with Crippen LogP contribution in [0.25, 0.3) is 0 Å². The first-order valence-corrected chi connectivity index (χ1v) is 10.3. The predicted octanol–water partition coefficient (Wildman–Crippen LogP) is 4.74. The quantitative estimate of drug-likeness (QED) is 0.655. The molecule has 2 rings (SSSR count). The second-order valence-electron chi connectivity index (χ2n) is 7.81. The Hall–Kier alpha value is -2.58. The summed E-state index contributed by atoms with van der Waals surface area (Å²) < 4.78 is 0. The first kappa shape index (κ1) is 22.7. The summed E-state index contributed by atoms with van der Waals surface area (Å²) in [6.07, 6.45) is 2.59. The lowest BCUT2D eigenvalue weighted by atomic mass is 9.96. The number of amides is 1. The Bertz CT molecular complexity index is 956. The van der Waals surface area contributed by atoms with Crippen LogP contribution in [-0.4, -0.2) is 10.9 Å². The van der Waals surface area contributed by atoms with Crippen molar-refractivity contribution in [3.63, 3.8) is 0 Å². The monoisotopic (exact) mass is 413 g/mol. The molecule has 0 aliphatic carbocycles. The number of carbonyl (C=O) groups excluding carboxylic acids is 1. The summed E-state index contributed by atoms with van der Waals surface area (Å²) in [5.41, 5.74) is 2.96. The van der Waals surface area contributed by atoms with E-state index in [1.165, 1.54) is 0 Å². The summed E-state index contributed by atoms with van der Waals surface area (Å²) >= 11 is 6.00. The molecular weight excluding hydrogens is 386 g/mol. The van der Waals surface area contributed by atoms with E-state index >= 15 is 0 Å². The lowest BCUT2D eigenvalue weighted by Crippen LogP contribution is -2.29. The molecule has 2 N–H and O–H groups in total. The van der Waals surface area contributed by atoms with Crippen LogP contribution in [0.4, 0.5) is 0 Å². The highest BCUT2D eigenvalue weighted by molar-refractivity contribution is 6.30. The number of pyridine rings is 1. The molecule has 29 heavy (non-hydrogen) atoms. The zero-order valence-corrected chi connectivity index (χ0v) is 18.2. The van der Waals surface area contributed by atoms with Crippen molar-refractivity contribution in [1.29, 1.82) is 5.26 Å². The highest BCUT2D eigenvalue weighted by Gasteiger charge is 2.17. The molecule has 0 saturated carbocycles. The van der Waals surface area contributed by atoms with Crippen LogP contribution in [0.3, 0.4) is 0 Å². The van der Waals surface area contributed by atoms with Gasteiger partial charge in [-0.2, -0.15) is 5.26 Å². The van der Waals surface area contributed by atoms with Crippen LogP contribution >= 0.6 is 11.6 Å².